The van der Waals surface area contributed by atoms with Crippen molar-refractivity contribution in [2.75, 3.05) is 32.8 Å². The van der Waals surface area contributed by atoms with Crippen LogP contribution in [0.3, 0.4) is 0 Å². The van der Waals surface area contributed by atoms with E-state index >= 15 is 0 Å². The molecular formula is C28H28N2O5. The number of amides is 2. The zero-order chi connectivity index (χ0) is 24.5. The standard InChI is InChI=1S/C28H28N2O5/c1-33-21-11-9-18(10-12-21)27-22-16-25(35-3)24(34-2)15-19(22)13-14-29(27)23-17-26(31)30(28(23)32)20-7-5-4-6-8-20/h4-12,15-16,23,27H,13-14,17H2,1-3H3/t23-,27-/m0/s1. The van der Waals surface area contributed by atoms with Gasteiger partial charge in [0.05, 0.1) is 45.5 Å². The number of hydrogen-bond acceptors (Lipinski definition) is 6. The van der Waals surface area contributed by atoms with E-state index in [1.165, 1.54) is 4.90 Å². The van der Waals surface area contributed by atoms with Crippen LogP contribution in [0.1, 0.15) is 29.2 Å². The van der Waals surface area contributed by atoms with Crippen LogP contribution in [0.4, 0.5) is 5.69 Å². The molecule has 0 aliphatic carbocycles. The smallest absolute Gasteiger partial charge is 0.251 e. The van der Waals surface area contributed by atoms with Crippen LogP contribution < -0.4 is 19.1 Å². The Morgan fingerprint density at radius 1 is 0.829 bits per heavy atom. The summed E-state index contributed by atoms with van der Waals surface area (Å²) in [5.74, 6) is 1.69. The number of hydrogen-bond donors (Lipinski definition) is 0. The number of carbonyl (C=O) groups excluding carboxylic acids is 2. The molecule has 2 amide bonds. The van der Waals surface area contributed by atoms with Crippen LogP contribution >= 0.6 is 0 Å². The average Bonchev–Trinajstić information content (AvgIpc) is 3.20. The van der Waals surface area contributed by atoms with Crippen molar-refractivity contribution in [3.63, 3.8) is 0 Å². The second-order valence-corrected chi connectivity index (χ2v) is 8.69. The van der Waals surface area contributed by atoms with E-state index < -0.39 is 6.04 Å². The van der Waals surface area contributed by atoms with E-state index in [1.54, 1.807) is 33.5 Å². The van der Waals surface area contributed by atoms with Gasteiger partial charge in [-0.2, -0.15) is 0 Å². The van der Waals surface area contributed by atoms with Crippen molar-refractivity contribution in [2.24, 2.45) is 0 Å². The molecule has 180 valence electrons. The van der Waals surface area contributed by atoms with Gasteiger partial charge in [0.15, 0.2) is 11.5 Å². The van der Waals surface area contributed by atoms with Gasteiger partial charge < -0.3 is 14.2 Å². The number of rotatable bonds is 6. The molecule has 0 aromatic heterocycles. The van der Waals surface area contributed by atoms with Crippen molar-refractivity contribution in [2.45, 2.75) is 24.9 Å². The fraction of sp³-hybridized carbons (Fsp3) is 0.286. The molecule has 2 aliphatic rings. The summed E-state index contributed by atoms with van der Waals surface area (Å²) >= 11 is 0. The summed E-state index contributed by atoms with van der Waals surface area (Å²) < 4.78 is 16.5. The number of carbonyl (C=O) groups is 2. The molecule has 0 bridgehead atoms. The highest BCUT2D eigenvalue weighted by molar-refractivity contribution is 6.22. The molecule has 2 aliphatic heterocycles. The van der Waals surface area contributed by atoms with E-state index in [-0.39, 0.29) is 24.3 Å². The van der Waals surface area contributed by atoms with Crippen LogP contribution in [0.5, 0.6) is 17.2 Å². The third-order valence-corrected chi connectivity index (χ3v) is 6.88. The zero-order valence-corrected chi connectivity index (χ0v) is 20.1. The molecule has 0 radical (unpaired) electrons. The maximum atomic E-state index is 13.6. The number of nitrogens with zero attached hydrogens (tertiary/aromatic N) is 2. The first-order chi connectivity index (χ1) is 17.0. The minimum Gasteiger partial charge on any atom is -0.497 e. The molecule has 0 saturated carbocycles. The minimum absolute atomic E-state index is 0.142. The molecule has 35 heavy (non-hydrogen) atoms. The van der Waals surface area contributed by atoms with Gasteiger partial charge in [0.2, 0.25) is 5.91 Å². The van der Waals surface area contributed by atoms with Crippen molar-refractivity contribution in [3.8, 4) is 17.2 Å². The average molecular weight is 473 g/mol. The summed E-state index contributed by atoms with van der Waals surface area (Å²) in [7, 11) is 4.88. The molecule has 0 spiro atoms. The highest BCUT2D eigenvalue weighted by Crippen LogP contribution is 2.43. The molecule has 0 N–H and O–H groups in total. The predicted octanol–water partition coefficient (Wildman–Crippen LogP) is 3.99. The molecule has 3 aromatic rings. The Kier molecular flexibility index (Phi) is 6.17. The van der Waals surface area contributed by atoms with Gasteiger partial charge in [-0.05, 0) is 59.5 Å². The van der Waals surface area contributed by atoms with E-state index in [2.05, 4.69) is 4.90 Å². The second-order valence-electron chi connectivity index (χ2n) is 8.69. The first-order valence-corrected chi connectivity index (χ1v) is 11.6. The van der Waals surface area contributed by atoms with Gasteiger partial charge in [0.25, 0.3) is 5.91 Å². The highest BCUT2D eigenvalue weighted by Gasteiger charge is 2.46. The van der Waals surface area contributed by atoms with Gasteiger partial charge >= 0.3 is 0 Å². The summed E-state index contributed by atoms with van der Waals surface area (Å²) in [5, 5.41) is 0. The van der Waals surface area contributed by atoms with E-state index in [0.29, 0.717) is 23.7 Å². The SMILES string of the molecule is COc1ccc([C@H]2c3cc(OC)c(OC)cc3CCN2[C@H]2CC(=O)N(c3ccccc3)C2=O)cc1. The first kappa shape index (κ1) is 22.9. The van der Waals surface area contributed by atoms with Crippen molar-refractivity contribution in [1.82, 2.24) is 4.90 Å². The molecule has 1 fully saturated rings. The molecule has 7 nitrogen and oxygen atoms in total. The lowest BCUT2D eigenvalue weighted by molar-refractivity contribution is -0.123. The Morgan fingerprint density at radius 3 is 2.17 bits per heavy atom. The number of anilines is 1. The topological polar surface area (TPSA) is 68.3 Å². The Morgan fingerprint density at radius 2 is 1.51 bits per heavy atom. The van der Waals surface area contributed by atoms with E-state index in [0.717, 1.165) is 28.9 Å². The number of ether oxygens (including phenoxy) is 3. The maximum Gasteiger partial charge on any atom is 0.251 e. The Labute approximate surface area is 204 Å². The molecule has 7 heteroatoms. The van der Waals surface area contributed by atoms with Crippen molar-refractivity contribution in [1.29, 1.82) is 0 Å². The maximum absolute atomic E-state index is 13.6. The molecule has 3 aromatic carbocycles. The molecule has 2 heterocycles. The number of para-hydroxylation sites is 1. The van der Waals surface area contributed by atoms with Crippen LogP contribution in [0.2, 0.25) is 0 Å². The Balaban J connectivity index is 1.59. The fourth-order valence-electron chi connectivity index (χ4n) is 5.18. The van der Waals surface area contributed by atoms with Crippen LogP contribution in [0.15, 0.2) is 66.7 Å². The largest absolute Gasteiger partial charge is 0.497 e. The molecule has 5 rings (SSSR count). The summed E-state index contributed by atoms with van der Waals surface area (Å²) in [6, 6.07) is 20.2. The molecular weight excluding hydrogens is 444 g/mol. The van der Waals surface area contributed by atoms with Gasteiger partial charge in [-0.1, -0.05) is 30.3 Å². The zero-order valence-electron chi connectivity index (χ0n) is 20.1. The monoisotopic (exact) mass is 472 g/mol. The number of benzene rings is 3. The summed E-state index contributed by atoms with van der Waals surface area (Å²) in [5.41, 5.74) is 3.79. The van der Waals surface area contributed by atoms with Crippen molar-refractivity contribution < 1.29 is 23.8 Å². The van der Waals surface area contributed by atoms with E-state index in [4.69, 9.17) is 14.2 Å². The van der Waals surface area contributed by atoms with E-state index in [1.807, 2.05) is 54.6 Å². The van der Waals surface area contributed by atoms with E-state index in [9.17, 15) is 9.59 Å². The van der Waals surface area contributed by atoms with Gasteiger partial charge in [-0.15, -0.1) is 0 Å². The van der Waals surface area contributed by atoms with Gasteiger partial charge in [-0.25, -0.2) is 4.90 Å². The van der Waals surface area contributed by atoms with Crippen LogP contribution in [-0.2, 0) is 16.0 Å². The highest BCUT2D eigenvalue weighted by atomic mass is 16.5. The molecule has 2 atom stereocenters. The van der Waals surface area contributed by atoms with Crippen molar-refractivity contribution in [3.05, 3.63) is 83.4 Å². The number of fused-ring (bicyclic) bond motifs is 1. The van der Waals surface area contributed by atoms with Crippen molar-refractivity contribution >= 4 is 17.5 Å². The number of imide groups is 1. The fourth-order valence-corrected chi connectivity index (χ4v) is 5.18. The molecule has 1 saturated heterocycles. The quantitative estimate of drug-likeness (QED) is 0.506. The lowest BCUT2D eigenvalue weighted by atomic mass is 9.86. The predicted molar refractivity (Wildman–Crippen MR) is 132 cm³/mol. The minimum atomic E-state index is -0.559. The van der Waals surface area contributed by atoms with Gasteiger partial charge in [-0.3, -0.25) is 14.5 Å². The Hall–Kier alpha value is -3.84. The molecule has 0 unspecified atom stereocenters. The number of methoxy groups -OCH3 is 3. The lowest BCUT2D eigenvalue weighted by Crippen LogP contribution is -2.47. The summed E-state index contributed by atoms with van der Waals surface area (Å²) in [4.78, 5) is 30.1. The van der Waals surface area contributed by atoms with Gasteiger partial charge in [0.1, 0.15) is 5.75 Å². The van der Waals surface area contributed by atoms with Gasteiger partial charge in [0, 0.05) is 6.54 Å². The van der Waals surface area contributed by atoms with Crippen LogP contribution in [0, 0.1) is 0 Å². The Bertz CT molecular complexity index is 1240. The third kappa shape index (κ3) is 4.02. The van der Waals surface area contributed by atoms with Crippen LogP contribution in [-0.4, -0.2) is 50.6 Å². The summed E-state index contributed by atoms with van der Waals surface area (Å²) in [6.07, 6.45) is 0.870. The van der Waals surface area contributed by atoms with Crippen LogP contribution in [0.25, 0.3) is 0 Å². The lowest BCUT2D eigenvalue weighted by Gasteiger charge is -2.40. The normalized spacial score (nSPS) is 20.0. The third-order valence-electron chi connectivity index (χ3n) is 6.88. The second kappa shape index (κ2) is 9.43. The summed E-state index contributed by atoms with van der Waals surface area (Å²) in [6.45, 7) is 0.630. The first-order valence-electron chi connectivity index (χ1n) is 11.6.